The standard InChI is InChI=1S/C11H21N3O2/c1-4-7-12-8-10-13-11(14-16-10)9(5-2)15-6-3/h9,12H,4-8H2,1-3H3. The summed E-state index contributed by atoms with van der Waals surface area (Å²) in [5, 5.41) is 7.15. The molecule has 5 heteroatoms. The zero-order valence-electron chi connectivity index (χ0n) is 10.3. The number of hydrogen-bond donors (Lipinski definition) is 1. The van der Waals surface area contributed by atoms with E-state index in [1.807, 2.05) is 13.8 Å². The van der Waals surface area contributed by atoms with Crippen LogP contribution >= 0.6 is 0 Å². The third kappa shape index (κ3) is 3.90. The van der Waals surface area contributed by atoms with E-state index in [-0.39, 0.29) is 6.10 Å². The molecule has 16 heavy (non-hydrogen) atoms. The van der Waals surface area contributed by atoms with Crippen LogP contribution in [0.15, 0.2) is 4.52 Å². The van der Waals surface area contributed by atoms with E-state index in [0.717, 1.165) is 19.4 Å². The molecule has 1 N–H and O–H groups in total. The van der Waals surface area contributed by atoms with Crippen LogP contribution in [0.25, 0.3) is 0 Å². The summed E-state index contributed by atoms with van der Waals surface area (Å²) in [4.78, 5) is 4.31. The molecule has 0 amide bonds. The summed E-state index contributed by atoms with van der Waals surface area (Å²) in [5.74, 6) is 1.28. The number of aromatic nitrogens is 2. The Morgan fingerprint density at radius 3 is 2.81 bits per heavy atom. The summed E-state index contributed by atoms with van der Waals surface area (Å²) in [6, 6.07) is 0. The number of nitrogens with zero attached hydrogens (tertiary/aromatic N) is 2. The Kier molecular flexibility index (Phi) is 6.03. The van der Waals surface area contributed by atoms with Gasteiger partial charge in [-0.3, -0.25) is 0 Å². The van der Waals surface area contributed by atoms with Gasteiger partial charge in [-0.15, -0.1) is 0 Å². The highest BCUT2D eigenvalue weighted by atomic mass is 16.5. The molecule has 0 aliphatic carbocycles. The summed E-state index contributed by atoms with van der Waals surface area (Å²) in [6.07, 6.45) is 1.90. The van der Waals surface area contributed by atoms with Gasteiger partial charge in [0, 0.05) is 6.61 Å². The van der Waals surface area contributed by atoms with Gasteiger partial charge in [0.2, 0.25) is 11.7 Å². The molecular weight excluding hydrogens is 206 g/mol. The largest absolute Gasteiger partial charge is 0.370 e. The SMILES string of the molecule is CCCNCc1nc(C(CC)OCC)no1. The number of hydrogen-bond acceptors (Lipinski definition) is 5. The van der Waals surface area contributed by atoms with Crippen LogP contribution in [0.3, 0.4) is 0 Å². The first-order valence-electron chi connectivity index (χ1n) is 5.96. The fourth-order valence-corrected chi connectivity index (χ4v) is 1.42. The molecule has 1 heterocycles. The summed E-state index contributed by atoms with van der Waals surface area (Å²) in [7, 11) is 0. The molecule has 0 fully saturated rings. The Labute approximate surface area is 96.6 Å². The van der Waals surface area contributed by atoms with Crippen LogP contribution in [0.5, 0.6) is 0 Å². The lowest BCUT2D eigenvalue weighted by molar-refractivity contribution is 0.0518. The Hall–Kier alpha value is -0.940. The first kappa shape index (κ1) is 13.1. The molecule has 0 aliphatic heterocycles. The van der Waals surface area contributed by atoms with Crippen LogP contribution < -0.4 is 5.32 Å². The number of ether oxygens (including phenoxy) is 1. The smallest absolute Gasteiger partial charge is 0.240 e. The molecule has 0 radical (unpaired) electrons. The topological polar surface area (TPSA) is 60.2 Å². The minimum atomic E-state index is -0.0475. The third-order valence-corrected chi connectivity index (χ3v) is 2.21. The van der Waals surface area contributed by atoms with E-state index in [4.69, 9.17) is 9.26 Å². The van der Waals surface area contributed by atoms with E-state index in [2.05, 4.69) is 22.4 Å². The summed E-state index contributed by atoms with van der Waals surface area (Å²) in [5.41, 5.74) is 0. The van der Waals surface area contributed by atoms with E-state index in [1.165, 1.54) is 0 Å². The van der Waals surface area contributed by atoms with Gasteiger partial charge in [-0.1, -0.05) is 19.0 Å². The molecule has 5 nitrogen and oxygen atoms in total. The Balaban J connectivity index is 2.48. The molecule has 92 valence electrons. The van der Waals surface area contributed by atoms with Crippen LogP contribution in [0.4, 0.5) is 0 Å². The molecule has 1 aromatic rings. The average molecular weight is 227 g/mol. The molecule has 1 rings (SSSR count). The lowest BCUT2D eigenvalue weighted by Gasteiger charge is -2.09. The van der Waals surface area contributed by atoms with E-state index in [0.29, 0.717) is 24.9 Å². The lowest BCUT2D eigenvalue weighted by Crippen LogP contribution is -2.14. The van der Waals surface area contributed by atoms with Crippen LogP contribution in [0, 0.1) is 0 Å². The van der Waals surface area contributed by atoms with Gasteiger partial charge < -0.3 is 14.6 Å². The van der Waals surface area contributed by atoms with Gasteiger partial charge in [-0.25, -0.2) is 0 Å². The van der Waals surface area contributed by atoms with Gasteiger partial charge >= 0.3 is 0 Å². The van der Waals surface area contributed by atoms with Crippen LogP contribution in [0.1, 0.15) is 51.4 Å². The quantitative estimate of drug-likeness (QED) is 0.689. The predicted octanol–water partition coefficient (Wildman–Crippen LogP) is 2.06. The Morgan fingerprint density at radius 1 is 1.38 bits per heavy atom. The molecule has 0 bridgehead atoms. The third-order valence-electron chi connectivity index (χ3n) is 2.21. The van der Waals surface area contributed by atoms with Crippen molar-refractivity contribution in [2.24, 2.45) is 0 Å². The minimum Gasteiger partial charge on any atom is -0.370 e. The van der Waals surface area contributed by atoms with Gasteiger partial charge in [0.15, 0.2) is 0 Å². The molecule has 0 saturated heterocycles. The van der Waals surface area contributed by atoms with Gasteiger partial charge in [0.05, 0.1) is 6.54 Å². The monoisotopic (exact) mass is 227 g/mol. The van der Waals surface area contributed by atoms with Crippen molar-refractivity contribution in [1.29, 1.82) is 0 Å². The number of rotatable bonds is 8. The maximum absolute atomic E-state index is 5.51. The van der Waals surface area contributed by atoms with Crippen LogP contribution in [-0.4, -0.2) is 23.3 Å². The van der Waals surface area contributed by atoms with Gasteiger partial charge in [0.1, 0.15) is 6.10 Å². The number of nitrogens with one attached hydrogen (secondary N) is 1. The summed E-state index contributed by atoms with van der Waals surface area (Å²) in [6.45, 7) is 8.38. The fourth-order valence-electron chi connectivity index (χ4n) is 1.42. The molecular formula is C11H21N3O2. The fraction of sp³-hybridized carbons (Fsp3) is 0.818. The zero-order chi connectivity index (χ0) is 11.8. The van der Waals surface area contributed by atoms with Crippen molar-refractivity contribution in [1.82, 2.24) is 15.5 Å². The molecule has 0 spiro atoms. The second-order valence-electron chi connectivity index (χ2n) is 3.58. The maximum atomic E-state index is 5.51. The second-order valence-corrected chi connectivity index (χ2v) is 3.58. The first-order valence-corrected chi connectivity index (χ1v) is 5.96. The highest BCUT2D eigenvalue weighted by Gasteiger charge is 2.16. The van der Waals surface area contributed by atoms with Crippen molar-refractivity contribution >= 4 is 0 Å². The molecule has 1 unspecified atom stereocenters. The van der Waals surface area contributed by atoms with E-state index >= 15 is 0 Å². The maximum Gasteiger partial charge on any atom is 0.240 e. The van der Waals surface area contributed by atoms with Gasteiger partial charge in [-0.2, -0.15) is 4.98 Å². The van der Waals surface area contributed by atoms with E-state index < -0.39 is 0 Å². The molecule has 0 aliphatic rings. The Morgan fingerprint density at radius 2 is 2.19 bits per heavy atom. The van der Waals surface area contributed by atoms with Crippen molar-refractivity contribution in [3.63, 3.8) is 0 Å². The highest BCUT2D eigenvalue weighted by molar-refractivity contribution is 4.90. The molecule has 1 atom stereocenters. The predicted molar refractivity (Wildman–Crippen MR) is 61.0 cm³/mol. The molecule has 0 aromatic carbocycles. The Bertz CT molecular complexity index is 289. The van der Waals surface area contributed by atoms with Crippen LogP contribution in [0.2, 0.25) is 0 Å². The van der Waals surface area contributed by atoms with Gasteiger partial charge in [0.25, 0.3) is 0 Å². The van der Waals surface area contributed by atoms with Crippen molar-refractivity contribution in [3.05, 3.63) is 11.7 Å². The summed E-state index contributed by atoms with van der Waals surface area (Å²) < 4.78 is 10.6. The van der Waals surface area contributed by atoms with Gasteiger partial charge in [-0.05, 0) is 26.3 Å². The normalized spacial score (nSPS) is 12.9. The molecule has 1 aromatic heterocycles. The van der Waals surface area contributed by atoms with Crippen molar-refractivity contribution in [2.75, 3.05) is 13.2 Å². The molecule has 0 saturated carbocycles. The van der Waals surface area contributed by atoms with Crippen molar-refractivity contribution in [3.8, 4) is 0 Å². The second kappa shape index (κ2) is 7.35. The van der Waals surface area contributed by atoms with E-state index in [9.17, 15) is 0 Å². The zero-order valence-corrected chi connectivity index (χ0v) is 10.3. The highest BCUT2D eigenvalue weighted by Crippen LogP contribution is 2.17. The van der Waals surface area contributed by atoms with Crippen molar-refractivity contribution < 1.29 is 9.26 Å². The van der Waals surface area contributed by atoms with Crippen molar-refractivity contribution in [2.45, 2.75) is 46.3 Å². The lowest BCUT2D eigenvalue weighted by atomic mass is 10.2. The summed E-state index contributed by atoms with van der Waals surface area (Å²) >= 11 is 0. The average Bonchev–Trinajstić information content (AvgIpc) is 2.75. The van der Waals surface area contributed by atoms with E-state index in [1.54, 1.807) is 0 Å². The van der Waals surface area contributed by atoms with Crippen LogP contribution in [-0.2, 0) is 11.3 Å². The first-order chi connectivity index (χ1) is 7.81. The minimum absolute atomic E-state index is 0.0475.